The summed E-state index contributed by atoms with van der Waals surface area (Å²) in [5, 5.41) is 0. The lowest BCUT2D eigenvalue weighted by molar-refractivity contribution is 0.0981. The molecule has 3 rings (SSSR count). The van der Waals surface area contributed by atoms with Crippen LogP contribution in [0.3, 0.4) is 0 Å². The van der Waals surface area contributed by atoms with Crippen LogP contribution in [0.2, 0.25) is 0 Å². The van der Waals surface area contributed by atoms with E-state index in [-0.39, 0.29) is 11.9 Å². The van der Waals surface area contributed by atoms with Crippen molar-refractivity contribution in [1.29, 1.82) is 0 Å². The molecule has 0 bridgehead atoms. The second kappa shape index (κ2) is 4.54. The topological polar surface area (TPSA) is 20.3 Å². The summed E-state index contributed by atoms with van der Waals surface area (Å²) in [5.74, 6) is 0.0949. The van der Waals surface area contributed by atoms with Crippen molar-refractivity contribution >= 4 is 11.6 Å². The van der Waals surface area contributed by atoms with Gasteiger partial charge in [-0.2, -0.15) is 0 Å². The first kappa shape index (κ1) is 12.0. The summed E-state index contributed by atoms with van der Waals surface area (Å²) >= 11 is 0. The second-order valence-corrected chi connectivity index (χ2v) is 5.22. The van der Waals surface area contributed by atoms with Crippen LogP contribution in [0.25, 0.3) is 0 Å². The molecule has 2 heteroatoms. The van der Waals surface area contributed by atoms with E-state index in [1.807, 2.05) is 54.3 Å². The molecule has 0 saturated heterocycles. The first-order valence-electron chi connectivity index (χ1n) is 6.65. The molecule has 0 N–H and O–H groups in total. The van der Waals surface area contributed by atoms with Crippen molar-refractivity contribution in [2.45, 2.75) is 26.3 Å². The highest BCUT2D eigenvalue weighted by atomic mass is 16.2. The minimum Gasteiger partial charge on any atom is -0.305 e. The van der Waals surface area contributed by atoms with E-state index >= 15 is 0 Å². The Morgan fingerprint density at radius 1 is 1.11 bits per heavy atom. The molecular formula is C17H17NO. The molecule has 19 heavy (non-hydrogen) atoms. The Morgan fingerprint density at radius 3 is 2.53 bits per heavy atom. The molecule has 1 heterocycles. The highest BCUT2D eigenvalue weighted by molar-refractivity contribution is 6.07. The number of aryl methyl sites for hydroxylation is 1. The fourth-order valence-electron chi connectivity index (χ4n) is 2.71. The van der Waals surface area contributed by atoms with Gasteiger partial charge in [0.2, 0.25) is 0 Å². The summed E-state index contributed by atoms with van der Waals surface area (Å²) < 4.78 is 0. The Kier molecular flexibility index (Phi) is 2.86. The van der Waals surface area contributed by atoms with Gasteiger partial charge in [0.05, 0.1) is 0 Å². The van der Waals surface area contributed by atoms with Gasteiger partial charge < -0.3 is 4.90 Å². The summed E-state index contributed by atoms with van der Waals surface area (Å²) in [7, 11) is 0. The molecule has 1 aliphatic heterocycles. The molecule has 1 unspecified atom stereocenters. The van der Waals surface area contributed by atoms with E-state index < -0.39 is 0 Å². The normalized spacial score (nSPS) is 17.4. The summed E-state index contributed by atoms with van der Waals surface area (Å²) in [4.78, 5) is 14.6. The summed E-state index contributed by atoms with van der Waals surface area (Å²) in [6, 6.07) is 16.2. The zero-order chi connectivity index (χ0) is 13.4. The van der Waals surface area contributed by atoms with Crippen LogP contribution in [-0.2, 0) is 6.42 Å². The molecule has 2 aromatic rings. The summed E-state index contributed by atoms with van der Waals surface area (Å²) in [6.07, 6.45) is 0.938. The van der Waals surface area contributed by atoms with Gasteiger partial charge >= 0.3 is 0 Å². The first-order chi connectivity index (χ1) is 9.16. The molecule has 0 aromatic heterocycles. The molecule has 2 aromatic carbocycles. The Hall–Kier alpha value is -2.09. The lowest BCUT2D eigenvalue weighted by Crippen LogP contribution is -2.35. The van der Waals surface area contributed by atoms with E-state index in [1.54, 1.807) is 0 Å². The molecule has 0 radical (unpaired) electrons. The van der Waals surface area contributed by atoms with Gasteiger partial charge in [-0.05, 0) is 44.0 Å². The van der Waals surface area contributed by atoms with Crippen molar-refractivity contribution in [3.8, 4) is 0 Å². The molecule has 0 fully saturated rings. The fraction of sp³-hybridized carbons (Fsp3) is 0.235. The molecule has 1 aliphatic rings. The van der Waals surface area contributed by atoms with Crippen molar-refractivity contribution in [3.63, 3.8) is 0 Å². The molecule has 96 valence electrons. The number of anilines is 1. The highest BCUT2D eigenvalue weighted by Crippen LogP contribution is 2.32. The number of hydrogen-bond donors (Lipinski definition) is 0. The number of nitrogens with zero attached hydrogens (tertiary/aromatic N) is 1. The molecule has 0 spiro atoms. The number of amides is 1. The number of carbonyl (C=O) groups is 1. The van der Waals surface area contributed by atoms with Crippen molar-refractivity contribution < 1.29 is 4.79 Å². The number of benzene rings is 2. The van der Waals surface area contributed by atoms with Crippen LogP contribution in [0, 0.1) is 6.92 Å². The highest BCUT2D eigenvalue weighted by Gasteiger charge is 2.30. The van der Waals surface area contributed by atoms with E-state index in [2.05, 4.69) is 13.0 Å². The van der Waals surface area contributed by atoms with E-state index in [9.17, 15) is 4.79 Å². The molecule has 1 atom stereocenters. The molecule has 0 saturated carbocycles. The maximum absolute atomic E-state index is 12.7. The number of fused-ring (bicyclic) bond motifs is 1. The third kappa shape index (κ3) is 2.03. The van der Waals surface area contributed by atoms with Gasteiger partial charge in [0.25, 0.3) is 5.91 Å². The van der Waals surface area contributed by atoms with Crippen LogP contribution in [0.5, 0.6) is 0 Å². The molecule has 0 aliphatic carbocycles. The predicted octanol–water partition coefficient (Wildman–Crippen LogP) is 3.59. The van der Waals surface area contributed by atoms with Gasteiger partial charge in [-0.25, -0.2) is 0 Å². The van der Waals surface area contributed by atoms with Crippen LogP contribution in [-0.4, -0.2) is 11.9 Å². The number of carbonyl (C=O) groups excluding carboxylic acids is 1. The smallest absolute Gasteiger partial charge is 0.258 e. The van der Waals surface area contributed by atoms with Gasteiger partial charge in [-0.1, -0.05) is 35.9 Å². The SMILES string of the molecule is Cc1ccc(C(=O)N2c3ccccc3CC2C)cc1. The van der Waals surface area contributed by atoms with Crippen molar-refractivity contribution in [2.75, 3.05) is 4.90 Å². The van der Waals surface area contributed by atoms with Crippen LogP contribution in [0.4, 0.5) is 5.69 Å². The third-order valence-corrected chi connectivity index (χ3v) is 3.72. The van der Waals surface area contributed by atoms with Crippen LogP contribution < -0.4 is 4.90 Å². The number of hydrogen-bond acceptors (Lipinski definition) is 1. The van der Waals surface area contributed by atoms with Gasteiger partial charge in [-0.3, -0.25) is 4.79 Å². The summed E-state index contributed by atoms with van der Waals surface area (Å²) in [5.41, 5.74) is 4.25. The van der Waals surface area contributed by atoms with E-state index in [4.69, 9.17) is 0 Å². The number of para-hydroxylation sites is 1. The van der Waals surface area contributed by atoms with E-state index in [0.717, 1.165) is 17.7 Å². The van der Waals surface area contributed by atoms with Gasteiger partial charge in [0, 0.05) is 17.3 Å². The van der Waals surface area contributed by atoms with Gasteiger partial charge in [-0.15, -0.1) is 0 Å². The minimum atomic E-state index is 0.0949. The Balaban J connectivity index is 1.98. The van der Waals surface area contributed by atoms with Crippen LogP contribution in [0.15, 0.2) is 48.5 Å². The second-order valence-electron chi connectivity index (χ2n) is 5.22. The van der Waals surface area contributed by atoms with Crippen molar-refractivity contribution in [2.24, 2.45) is 0 Å². The zero-order valence-electron chi connectivity index (χ0n) is 11.3. The maximum Gasteiger partial charge on any atom is 0.258 e. The monoisotopic (exact) mass is 251 g/mol. The lowest BCUT2D eigenvalue weighted by Gasteiger charge is -2.22. The van der Waals surface area contributed by atoms with Crippen LogP contribution in [0.1, 0.15) is 28.4 Å². The fourth-order valence-corrected chi connectivity index (χ4v) is 2.71. The molecule has 1 amide bonds. The largest absolute Gasteiger partial charge is 0.305 e. The number of rotatable bonds is 1. The van der Waals surface area contributed by atoms with Crippen molar-refractivity contribution in [1.82, 2.24) is 0 Å². The lowest BCUT2D eigenvalue weighted by atomic mass is 10.1. The van der Waals surface area contributed by atoms with Gasteiger partial charge in [0.1, 0.15) is 0 Å². The first-order valence-corrected chi connectivity index (χ1v) is 6.65. The average molecular weight is 251 g/mol. The molecular weight excluding hydrogens is 234 g/mol. The van der Waals surface area contributed by atoms with Crippen molar-refractivity contribution in [3.05, 3.63) is 65.2 Å². The summed E-state index contributed by atoms with van der Waals surface area (Å²) in [6.45, 7) is 4.13. The Morgan fingerprint density at radius 2 is 1.79 bits per heavy atom. The third-order valence-electron chi connectivity index (χ3n) is 3.72. The van der Waals surface area contributed by atoms with E-state index in [1.165, 1.54) is 11.1 Å². The van der Waals surface area contributed by atoms with Gasteiger partial charge in [0.15, 0.2) is 0 Å². The quantitative estimate of drug-likeness (QED) is 0.758. The van der Waals surface area contributed by atoms with E-state index in [0.29, 0.717) is 0 Å². The Labute approximate surface area is 113 Å². The average Bonchev–Trinajstić information content (AvgIpc) is 2.74. The maximum atomic E-state index is 12.7. The minimum absolute atomic E-state index is 0.0949. The predicted molar refractivity (Wildman–Crippen MR) is 77.6 cm³/mol. The molecule has 2 nitrogen and oxygen atoms in total. The van der Waals surface area contributed by atoms with Crippen LogP contribution >= 0.6 is 0 Å². The Bertz CT molecular complexity index is 615. The standard InChI is InChI=1S/C17H17NO/c1-12-7-9-14(10-8-12)17(19)18-13(2)11-15-5-3-4-6-16(15)18/h3-10,13H,11H2,1-2H3. The zero-order valence-corrected chi connectivity index (χ0v) is 11.3.